The second kappa shape index (κ2) is 6.97. The quantitative estimate of drug-likeness (QED) is 0.870. The number of aromatic nitrogens is 3. The van der Waals surface area contributed by atoms with Crippen LogP contribution in [0.1, 0.15) is 37.9 Å². The van der Waals surface area contributed by atoms with E-state index in [1.807, 2.05) is 12.3 Å². The molecule has 0 saturated carbocycles. The summed E-state index contributed by atoms with van der Waals surface area (Å²) in [5.41, 5.74) is 1.99. The van der Waals surface area contributed by atoms with Crippen LogP contribution < -0.4 is 0 Å². The third-order valence-corrected chi connectivity index (χ3v) is 4.97. The zero-order valence-corrected chi connectivity index (χ0v) is 13.6. The largest absolute Gasteiger partial charge is 0.381 e. The van der Waals surface area contributed by atoms with Gasteiger partial charge in [0.05, 0.1) is 12.6 Å². The maximum absolute atomic E-state index is 5.94. The molecule has 0 aliphatic carbocycles. The zero-order valence-electron chi connectivity index (χ0n) is 13.6. The third-order valence-electron chi connectivity index (χ3n) is 4.97. The molecule has 2 saturated heterocycles. The average Bonchev–Trinajstić information content (AvgIpc) is 2.94. The van der Waals surface area contributed by atoms with E-state index in [9.17, 15) is 0 Å². The van der Waals surface area contributed by atoms with Gasteiger partial charge in [-0.15, -0.1) is 0 Å². The lowest BCUT2D eigenvalue weighted by Crippen LogP contribution is -2.27. The van der Waals surface area contributed by atoms with E-state index in [1.165, 1.54) is 19.3 Å². The molecule has 2 aromatic heterocycles. The summed E-state index contributed by atoms with van der Waals surface area (Å²) in [5, 5.41) is 0. The van der Waals surface area contributed by atoms with E-state index >= 15 is 0 Å². The molecule has 2 aliphatic rings. The maximum Gasteiger partial charge on any atom is 0.160 e. The monoisotopic (exact) mass is 315 g/mol. The molecular weight excluding hydrogens is 290 g/mol. The standard InChI is InChI=1S/C18H25N3O2/c1-2-10-23-15(6-1)12-21-17(11-14-5-4-9-22-13-14)20-16-7-3-8-19-18(16)21/h3,7-8,14-15H,1-2,4-6,9-13H2. The summed E-state index contributed by atoms with van der Waals surface area (Å²) in [7, 11) is 0. The van der Waals surface area contributed by atoms with Crippen molar-refractivity contribution in [3.05, 3.63) is 24.2 Å². The second-order valence-corrected chi connectivity index (χ2v) is 6.76. The van der Waals surface area contributed by atoms with Gasteiger partial charge in [0.25, 0.3) is 0 Å². The minimum atomic E-state index is 0.296. The van der Waals surface area contributed by atoms with Crippen LogP contribution in [-0.4, -0.2) is 40.5 Å². The Morgan fingerprint density at radius 3 is 3.00 bits per heavy atom. The Labute approximate surface area is 137 Å². The first kappa shape index (κ1) is 15.1. The molecule has 2 aromatic rings. The van der Waals surface area contributed by atoms with Crippen LogP contribution in [0, 0.1) is 5.92 Å². The molecule has 5 nitrogen and oxygen atoms in total. The Morgan fingerprint density at radius 1 is 1.17 bits per heavy atom. The van der Waals surface area contributed by atoms with Gasteiger partial charge in [-0.3, -0.25) is 0 Å². The Hall–Kier alpha value is -1.46. The summed E-state index contributed by atoms with van der Waals surface area (Å²) in [5.74, 6) is 1.72. The van der Waals surface area contributed by atoms with Crippen LogP contribution >= 0.6 is 0 Å². The minimum absolute atomic E-state index is 0.296. The van der Waals surface area contributed by atoms with Crippen molar-refractivity contribution in [2.45, 2.75) is 51.2 Å². The molecule has 2 atom stereocenters. The lowest BCUT2D eigenvalue weighted by Gasteiger charge is -2.25. The van der Waals surface area contributed by atoms with Gasteiger partial charge in [-0.1, -0.05) is 0 Å². The van der Waals surface area contributed by atoms with Crippen molar-refractivity contribution < 1.29 is 9.47 Å². The van der Waals surface area contributed by atoms with Crippen LogP contribution in [0.25, 0.3) is 11.2 Å². The van der Waals surface area contributed by atoms with Crippen molar-refractivity contribution in [1.29, 1.82) is 0 Å². The van der Waals surface area contributed by atoms with Gasteiger partial charge in [0.1, 0.15) is 11.3 Å². The van der Waals surface area contributed by atoms with E-state index in [0.29, 0.717) is 12.0 Å². The maximum atomic E-state index is 5.94. The van der Waals surface area contributed by atoms with E-state index in [2.05, 4.69) is 15.6 Å². The van der Waals surface area contributed by atoms with E-state index in [1.54, 1.807) is 0 Å². The van der Waals surface area contributed by atoms with Crippen LogP contribution in [0.15, 0.2) is 18.3 Å². The first-order valence-corrected chi connectivity index (χ1v) is 8.89. The Morgan fingerprint density at radius 2 is 2.17 bits per heavy atom. The third kappa shape index (κ3) is 3.40. The summed E-state index contributed by atoms with van der Waals surface area (Å²) in [6, 6.07) is 4.02. The van der Waals surface area contributed by atoms with Crippen LogP contribution in [0.4, 0.5) is 0 Å². The molecule has 2 unspecified atom stereocenters. The Balaban J connectivity index is 1.60. The molecule has 4 rings (SSSR count). The predicted octanol–water partition coefficient (Wildman–Crippen LogP) is 2.97. The Kier molecular flexibility index (Phi) is 4.57. The van der Waals surface area contributed by atoms with Gasteiger partial charge in [0, 0.05) is 32.4 Å². The molecule has 0 radical (unpaired) electrons. The summed E-state index contributed by atoms with van der Waals surface area (Å²) in [6.45, 7) is 3.52. The first-order chi connectivity index (χ1) is 11.4. The van der Waals surface area contributed by atoms with Crippen molar-refractivity contribution in [2.24, 2.45) is 5.92 Å². The summed E-state index contributed by atoms with van der Waals surface area (Å²) in [6.07, 6.45) is 9.11. The molecule has 124 valence electrons. The molecule has 0 bridgehead atoms. The molecule has 2 fully saturated rings. The van der Waals surface area contributed by atoms with Gasteiger partial charge >= 0.3 is 0 Å². The number of imidazole rings is 1. The zero-order chi connectivity index (χ0) is 15.5. The fourth-order valence-corrected chi connectivity index (χ4v) is 3.73. The van der Waals surface area contributed by atoms with E-state index < -0.39 is 0 Å². The number of nitrogens with zero attached hydrogens (tertiary/aromatic N) is 3. The molecule has 23 heavy (non-hydrogen) atoms. The summed E-state index contributed by atoms with van der Waals surface area (Å²) in [4.78, 5) is 9.44. The van der Waals surface area contributed by atoms with Gasteiger partial charge in [-0.25, -0.2) is 9.97 Å². The van der Waals surface area contributed by atoms with E-state index in [-0.39, 0.29) is 0 Å². The molecule has 0 aromatic carbocycles. The fraction of sp³-hybridized carbons (Fsp3) is 0.667. The van der Waals surface area contributed by atoms with Gasteiger partial charge in [0.15, 0.2) is 5.65 Å². The number of hydrogen-bond donors (Lipinski definition) is 0. The number of fused-ring (bicyclic) bond motifs is 1. The first-order valence-electron chi connectivity index (χ1n) is 8.89. The highest BCUT2D eigenvalue weighted by Crippen LogP contribution is 2.23. The van der Waals surface area contributed by atoms with Crippen LogP contribution in [-0.2, 0) is 22.4 Å². The smallest absolute Gasteiger partial charge is 0.160 e. The highest BCUT2D eigenvalue weighted by Gasteiger charge is 2.22. The van der Waals surface area contributed by atoms with Gasteiger partial charge in [0.2, 0.25) is 0 Å². The number of ether oxygens (including phenoxy) is 2. The van der Waals surface area contributed by atoms with Crippen LogP contribution in [0.2, 0.25) is 0 Å². The minimum Gasteiger partial charge on any atom is -0.381 e. The normalized spacial score (nSPS) is 25.7. The predicted molar refractivity (Wildman–Crippen MR) is 88.4 cm³/mol. The summed E-state index contributed by atoms with van der Waals surface area (Å²) < 4.78 is 13.9. The highest BCUT2D eigenvalue weighted by molar-refractivity contribution is 5.71. The van der Waals surface area contributed by atoms with Crippen molar-refractivity contribution in [3.63, 3.8) is 0 Å². The molecule has 4 heterocycles. The molecule has 5 heteroatoms. The van der Waals surface area contributed by atoms with E-state index in [0.717, 1.165) is 62.6 Å². The topological polar surface area (TPSA) is 49.2 Å². The lowest BCUT2D eigenvalue weighted by atomic mass is 9.98. The SMILES string of the molecule is c1cnc2c(c1)nc(CC1CCCOC1)n2CC1CCCCO1. The van der Waals surface area contributed by atoms with Crippen molar-refractivity contribution >= 4 is 11.2 Å². The number of rotatable bonds is 4. The number of hydrogen-bond acceptors (Lipinski definition) is 4. The molecular formula is C18H25N3O2. The van der Waals surface area contributed by atoms with Crippen molar-refractivity contribution in [2.75, 3.05) is 19.8 Å². The lowest BCUT2D eigenvalue weighted by molar-refractivity contribution is 0.00567. The van der Waals surface area contributed by atoms with Crippen LogP contribution in [0.5, 0.6) is 0 Å². The second-order valence-electron chi connectivity index (χ2n) is 6.76. The molecule has 0 spiro atoms. The van der Waals surface area contributed by atoms with Crippen molar-refractivity contribution in [3.8, 4) is 0 Å². The van der Waals surface area contributed by atoms with Crippen molar-refractivity contribution in [1.82, 2.24) is 14.5 Å². The molecule has 0 amide bonds. The van der Waals surface area contributed by atoms with E-state index in [4.69, 9.17) is 14.5 Å². The summed E-state index contributed by atoms with van der Waals surface area (Å²) >= 11 is 0. The Bertz CT molecular complexity index is 643. The molecule has 0 N–H and O–H groups in total. The average molecular weight is 315 g/mol. The molecule has 2 aliphatic heterocycles. The fourth-order valence-electron chi connectivity index (χ4n) is 3.73. The number of pyridine rings is 1. The van der Waals surface area contributed by atoms with Crippen LogP contribution in [0.3, 0.4) is 0 Å². The van der Waals surface area contributed by atoms with Gasteiger partial charge in [-0.2, -0.15) is 0 Å². The highest BCUT2D eigenvalue weighted by atomic mass is 16.5. The van der Waals surface area contributed by atoms with Gasteiger partial charge < -0.3 is 14.0 Å². The van der Waals surface area contributed by atoms with Gasteiger partial charge in [-0.05, 0) is 50.2 Å².